The van der Waals surface area contributed by atoms with Gasteiger partial charge in [0.1, 0.15) is 0 Å². The number of carbonyl (C=O) groups is 1. The van der Waals surface area contributed by atoms with Gasteiger partial charge >= 0.3 is 0 Å². The molecule has 6 nitrogen and oxygen atoms in total. The minimum Gasteiger partial charge on any atom is -0.411 e. The molecule has 0 bridgehead atoms. The molecule has 28 heavy (non-hydrogen) atoms. The molecule has 7 heteroatoms. The van der Waals surface area contributed by atoms with Crippen LogP contribution in [0.25, 0.3) is 11.5 Å². The molecule has 4 rings (SSSR count). The summed E-state index contributed by atoms with van der Waals surface area (Å²) in [6, 6.07) is 20.1. The lowest BCUT2D eigenvalue weighted by Crippen LogP contribution is -2.48. The van der Waals surface area contributed by atoms with Crippen LogP contribution in [0.2, 0.25) is 0 Å². The summed E-state index contributed by atoms with van der Waals surface area (Å²) in [5.41, 5.74) is 2.19. The van der Waals surface area contributed by atoms with Crippen molar-refractivity contribution in [1.29, 1.82) is 0 Å². The molecular weight excluding hydrogens is 372 g/mol. The topological polar surface area (TPSA) is 62.5 Å². The van der Waals surface area contributed by atoms with Gasteiger partial charge in [-0.2, -0.15) is 0 Å². The molecule has 0 N–H and O–H groups in total. The number of carbonyl (C=O) groups excluding carboxylic acids is 1. The molecule has 144 valence electrons. The van der Waals surface area contributed by atoms with Gasteiger partial charge in [-0.3, -0.25) is 9.69 Å². The number of benzene rings is 2. The number of hydrogen-bond acceptors (Lipinski definition) is 6. The molecule has 2 aromatic carbocycles. The summed E-state index contributed by atoms with van der Waals surface area (Å²) in [7, 11) is 0. The Hall–Kier alpha value is -2.64. The highest BCUT2D eigenvalue weighted by Gasteiger charge is 2.22. The lowest BCUT2D eigenvalue weighted by Gasteiger charge is -2.34. The van der Waals surface area contributed by atoms with Crippen LogP contribution < -0.4 is 0 Å². The van der Waals surface area contributed by atoms with Crippen molar-refractivity contribution in [2.24, 2.45) is 0 Å². The van der Waals surface area contributed by atoms with Gasteiger partial charge in [0.25, 0.3) is 5.22 Å². The number of amides is 1. The summed E-state index contributed by atoms with van der Waals surface area (Å²) >= 11 is 1.30. The van der Waals surface area contributed by atoms with Crippen molar-refractivity contribution in [2.45, 2.75) is 11.8 Å². The van der Waals surface area contributed by atoms with Crippen molar-refractivity contribution in [2.75, 3.05) is 31.9 Å². The van der Waals surface area contributed by atoms with Gasteiger partial charge in [0.15, 0.2) is 0 Å². The van der Waals surface area contributed by atoms with E-state index in [0.29, 0.717) is 16.9 Å². The molecule has 2 heterocycles. The molecule has 3 aromatic rings. The summed E-state index contributed by atoms with van der Waals surface area (Å²) in [5, 5.41) is 8.52. The lowest BCUT2D eigenvalue weighted by molar-refractivity contribution is -0.130. The summed E-state index contributed by atoms with van der Waals surface area (Å²) in [5.74, 6) is 0.906. The second-order valence-corrected chi connectivity index (χ2v) is 7.60. The Morgan fingerprint density at radius 2 is 1.61 bits per heavy atom. The molecule has 1 fully saturated rings. The van der Waals surface area contributed by atoms with E-state index in [1.807, 2.05) is 41.3 Å². The molecule has 0 aliphatic carbocycles. The van der Waals surface area contributed by atoms with E-state index >= 15 is 0 Å². The third kappa shape index (κ3) is 4.79. The molecule has 1 aliphatic rings. The van der Waals surface area contributed by atoms with Crippen LogP contribution in [0.4, 0.5) is 0 Å². The van der Waals surface area contributed by atoms with Crippen molar-refractivity contribution in [3.63, 3.8) is 0 Å². The number of rotatable bonds is 6. The molecular formula is C21H22N4O2S. The summed E-state index contributed by atoms with van der Waals surface area (Å²) in [4.78, 5) is 16.8. The molecule has 0 unspecified atom stereocenters. The zero-order chi connectivity index (χ0) is 19.2. The largest absolute Gasteiger partial charge is 0.411 e. The summed E-state index contributed by atoms with van der Waals surface area (Å²) in [6.07, 6.45) is 0. The Labute approximate surface area is 168 Å². The molecule has 1 aromatic heterocycles. The number of piperazine rings is 1. The van der Waals surface area contributed by atoms with Gasteiger partial charge < -0.3 is 9.32 Å². The lowest BCUT2D eigenvalue weighted by atomic mass is 10.2. The second-order valence-electron chi connectivity index (χ2n) is 6.67. The van der Waals surface area contributed by atoms with Crippen LogP contribution in [-0.2, 0) is 11.3 Å². The maximum Gasteiger partial charge on any atom is 0.277 e. The number of aromatic nitrogens is 2. The highest BCUT2D eigenvalue weighted by atomic mass is 32.2. The van der Waals surface area contributed by atoms with Crippen LogP contribution in [0, 0.1) is 0 Å². The maximum absolute atomic E-state index is 12.5. The molecule has 1 aliphatic heterocycles. The maximum atomic E-state index is 12.5. The van der Waals surface area contributed by atoms with E-state index in [1.165, 1.54) is 17.3 Å². The number of hydrogen-bond donors (Lipinski definition) is 0. The molecule has 0 radical (unpaired) electrons. The van der Waals surface area contributed by atoms with Crippen LogP contribution in [-0.4, -0.2) is 57.8 Å². The Morgan fingerprint density at radius 3 is 2.32 bits per heavy atom. The average molecular weight is 395 g/mol. The third-order valence-corrected chi connectivity index (χ3v) is 5.52. The minimum absolute atomic E-state index is 0.115. The molecule has 1 amide bonds. The first kappa shape index (κ1) is 18.7. The van der Waals surface area contributed by atoms with Crippen molar-refractivity contribution in [3.05, 3.63) is 66.2 Å². The molecule has 0 atom stereocenters. The average Bonchev–Trinajstić information content (AvgIpc) is 3.23. The fraction of sp³-hybridized carbons (Fsp3) is 0.286. The van der Waals surface area contributed by atoms with E-state index in [-0.39, 0.29) is 5.91 Å². The van der Waals surface area contributed by atoms with E-state index in [9.17, 15) is 4.79 Å². The standard InChI is InChI=1S/C21H22N4O2S/c26-19(16-28-21-23-22-20(27-21)18-9-5-2-6-10-18)25-13-11-24(12-14-25)15-17-7-3-1-4-8-17/h1-10H,11-16H2. The number of thioether (sulfide) groups is 1. The first-order chi connectivity index (χ1) is 13.8. The highest BCUT2D eigenvalue weighted by Crippen LogP contribution is 2.23. The van der Waals surface area contributed by atoms with Gasteiger partial charge in [0.05, 0.1) is 5.75 Å². The highest BCUT2D eigenvalue weighted by molar-refractivity contribution is 7.99. The van der Waals surface area contributed by atoms with Crippen LogP contribution in [0.15, 0.2) is 70.3 Å². The molecule has 0 saturated carbocycles. The molecule has 0 spiro atoms. The predicted octanol–water partition coefficient (Wildman–Crippen LogP) is 3.17. The Kier molecular flexibility index (Phi) is 6.04. The SMILES string of the molecule is O=C(CSc1nnc(-c2ccccc2)o1)N1CCN(Cc2ccccc2)CC1. The first-order valence-corrected chi connectivity index (χ1v) is 10.3. The monoisotopic (exact) mass is 394 g/mol. The third-order valence-electron chi connectivity index (χ3n) is 4.72. The van der Waals surface area contributed by atoms with Crippen molar-refractivity contribution in [1.82, 2.24) is 20.0 Å². The fourth-order valence-electron chi connectivity index (χ4n) is 3.18. The van der Waals surface area contributed by atoms with Gasteiger partial charge in [-0.25, -0.2) is 0 Å². The summed E-state index contributed by atoms with van der Waals surface area (Å²) in [6.45, 7) is 4.23. The van der Waals surface area contributed by atoms with Gasteiger partial charge in [-0.15, -0.1) is 10.2 Å². The van der Waals surface area contributed by atoms with E-state index in [4.69, 9.17) is 4.42 Å². The van der Waals surface area contributed by atoms with Crippen LogP contribution in [0.1, 0.15) is 5.56 Å². The van der Waals surface area contributed by atoms with Gasteiger partial charge in [-0.05, 0) is 17.7 Å². The van der Waals surface area contributed by atoms with Crippen LogP contribution in [0.5, 0.6) is 0 Å². The minimum atomic E-state index is 0.115. The normalized spacial score (nSPS) is 14.9. The number of nitrogens with zero attached hydrogens (tertiary/aromatic N) is 4. The zero-order valence-corrected chi connectivity index (χ0v) is 16.3. The fourth-order valence-corrected chi connectivity index (χ4v) is 3.84. The van der Waals surface area contributed by atoms with Crippen molar-refractivity contribution < 1.29 is 9.21 Å². The Bertz CT molecular complexity index is 893. The van der Waals surface area contributed by atoms with E-state index < -0.39 is 0 Å². The molecule has 1 saturated heterocycles. The Morgan fingerprint density at radius 1 is 0.929 bits per heavy atom. The Balaban J connectivity index is 1.23. The van der Waals surface area contributed by atoms with Crippen LogP contribution >= 0.6 is 11.8 Å². The predicted molar refractivity (Wildman–Crippen MR) is 109 cm³/mol. The first-order valence-electron chi connectivity index (χ1n) is 9.34. The van der Waals surface area contributed by atoms with Crippen LogP contribution in [0.3, 0.4) is 0 Å². The van der Waals surface area contributed by atoms with E-state index in [2.05, 4.69) is 39.4 Å². The van der Waals surface area contributed by atoms with Crippen molar-refractivity contribution in [3.8, 4) is 11.5 Å². The van der Waals surface area contributed by atoms with Crippen molar-refractivity contribution >= 4 is 17.7 Å². The smallest absolute Gasteiger partial charge is 0.277 e. The van der Waals surface area contributed by atoms with Gasteiger partial charge in [0.2, 0.25) is 11.8 Å². The van der Waals surface area contributed by atoms with E-state index in [0.717, 1.165) is 38.3 Å². The van der Waals surface area contributed by atoms with E-state index in [1.54, 1.807) is 0 Å². The summed E-state index contributed by atoms with van der Waals surface area (Å²) < 4.78 is 5.65. The quantitative estimate of drug-likeness (QED) is 0.599. The zero-order valence-electron chi connectivity index (χ0n) is 15.5. The van der Waals surface area contributed by atoms with Gasteiger partial charge in [-0.1, -0.05) is 60.3 Å². The van der Waals surface area contributed by atoms with Gasteiger partial charge in [0, 0.05) is 38.3 Å². The second kappa shape index (κ2) is 9.03.